The predicted octanol–water partition coefficient (Wildman–Crippen LogP) is 1.95. The average molecular weight is 191 g/mol. The second-order valence-electron chi connectivity index (χ2n) is 3.82. The number of amides is 1. The Morgan fingerprint density at radius 3 is 2.36 bits per heavy atom. The lowest BCUT2D eigenvalue weighted by Crippen LogP contribution is -2.29. The molecule has 0 aromatic heterocycles. The van der Waals surface area contributed by atoms with Gasteiger partial charge in [-0.15, -0.1) is 0 Å². The smallest absolute Gasteiger partial charge is 0.225 e. The van der Waals surface area contributed by atoms with Crippen molar-refractivity contribution in [2.24, 2.45) is 5.92 Å². The number of hydrogen-bond acceptors (Lipinski definition) is 1. The van der Waals surface area contributed by atoms with Gasteiger partial charge in [0.15, 0.2) is 0 Å². The molecule has 2 heteroatoms. The molecule has 1 atom stereocenters. The molecule has 14 heavy (non-hydrogen) atoms. The normalized spacial score (nSPS) is 12.2. The Morgan fingerprint density at radius 1 is 1.29 bits per heavy atom. The molecule has 0 aliphatic carbocycles. The van der Waals surface area contributed by atoms with Gasteiger partial charge in [0, 0.05) is 20.0 Å². The number of rotatable bonds is 3. The summed E-state index contributed by atoms with van der Waals surface area (Å²) in [7, 11) is 3.59. The number of hydrogen-bond donors (Lipinski definition) is 0. The van der Waals surface area contributed by atoms with Gasteiger partial charge in [0.1, 0.15) is 0 Å². The Labute approximate surface area is 85.5 Å². The maximum absolute atomic E-state index is 11.6. The first kappa shape index (κ1) is 10.8. The highest BCUT2D eigenvalue weighted by Crippen LogP contribution is 2.09. The molecule has 0 bridgehead atoms. The quantitative estimate of drug-likeness (QED) is 0.715. The van der Waals surface area contributed by atoms with Crippen LogP contribution in [0.4, 0.5) is 0 Å². The standard InChI is InChI=1S/C12H17NO/c1-10(12(14)13(2)3)9-11-7-5-4-6-8-11/h4-8,10H,9H2,1-3H3/t10-/m0/s1. The zero-order valence-electron chi connectivity index (χ0n) is 9.03. The molecule has 1 aromatic carbocycles. The van der Waals surface area contributed by atoms with Crippen molar-refractivity contribution in [2.45, 2.75) is 13.3 Å². The van der Waals surface area contributed by atoms with Gasteiger partial charge >= 0.3 is 0 Å². The van der Waals surface area contributed by atoms with Gasteiger partial charge in [0.05, 0.1) is 0 Å². The number of carbonyl (C=O) groups excluding carboxylic acids is 1. The average Bonchev–Trinajstić information content (AvgIpc) is 2.18. The van der Waals surface area contributed by atoms with Crippen LogP contribution >= 0.6 is 0 Å². The van der Waals surface area contributed by atoms with Crippen molar-refractivity contribution in [3.05, 3.63) is 35.9 Å². The number of carbonyl (C=O) groups is 1. The predicted molar refractivity (Wildman–Crippen MR) is 58.0 cm³/mol. The van der Waals surface area contributed by atoms with E-state index in [1.807, 2.05) is 25.1 Å². The minimum Gasteiger partial charge on any atom is -0.349 e. The molecule has 0 saturated heterocycles. The van der Waals surface area contributed by atoms with Gasteiger partial charge in [-0.05, 0) is 12.0 Å². The van der Waals surface area contributed by atoms with Gasteiger partial charge in [0.2, 0.25) is 5.91 Å². The van der Waals surface area contributed by atoms with Crippen LogP contribution < -0.4 is 0 Å². The van der Waals surface area contributed by atoms with Gasteiger partial charge in [-0.1, -0.05) is 37.3 Å². The molecule has 0 N–H and O–H groups in total. The monoisotopic (exact) mass is 191 g/mol. The van der Waals surface area contributed by atoms with Crippen molar-refractivity contribution in [1.29, 1.82) is 0 Å². The van der Waals surface area contributed by atoms with Crippen molar-refractivity contribution >= 4 is 5.91 Å². The molecular formula is C12H17NO. The van der Waals surface area contributed by atoms with Crippen molar-refractivity contribution in [3.63, 3.8) is 0 Å². The van der Waals surface area contributed by atoms with E-state index in [1.165, 1.54) is 5.56 Å². The van der Waals surface area contributed by atoms with Crippen molar-refractivity contribution < 1.29 is 4.79 Å². The van der Waals surface area contributed by atoms with Crippen LogP contribution in [-0.4, -0.2) is 24.9 Å². The van der Waals surface area contributed by atoms with Crippen LogP contribution in [0, 0.1) is 5.92 Å². The zero-order chi connectivity index (χ0) is 10.6. The fourth-order valence-electron chi connectivity index (χ4n) is 1.50. The third-order valence-electron chi connectivity index (χ3n) is 2.25. The van der Waals surface area contributed by atoms with Crippen molar-refractivity contribution in [3.8, 4) is 0 Å². The highest BCUT2D eigenvalue weighted by molar-refractivity contribution is 5.78. The fraction of sp³-hybridized carbons (Fsp3) is 0.417. The first-order chi connectivity index (χ1) is 6.61. The van der Waals surface area contributed by atoms with Crippen LogP contribution in [0.5, 0.6) is 0 Å². The largest absolute Gasteiger partial charge is 0.349 e. The molecule has 0 heterocycles. The van der Waals surface area contributed by atoms with Gasteiger partial charge in [0.25, 0.3) is 0 Å². The van der Waals surface area contributed by atoms with E-state index in [0.29, 0.717) is 0 Å². The Balaban J connectivity index is 2.57. The van der Waals surface area contributed by atoms with Crippen LogP contribution in [0.25, 0.3) is 0 Å². The summed E-state index contributed by atoms with van der Waals surface area (Å²) < 4.78 is 0. The molecule has 1 aromatic rings. The van der Waals surface area contributed by atoms with E-state index in [1.54, 1.807) is 19.0 Å². The summed E-state index contributed by atoms with van der Waals surface area (Å²) in [5.74, 6) is 0.251. The molecule has 2 nitrogen and oxygen atoms in total. The molecule has 0 spiro atoms. The zero-order valence-corrected chi connectivity index (χ0v) is 9.03. The second kappa shape index (κ2) is 4.80. The van der Waals surface area contributed by atoms with Gasteiger partial charge in [-0.3, -0.25) is 4.79 Å². The van der Waals surface area contributed by atoms with Crippen LogP contribution in [0.15, 0.2) is 30.3 Å². The van der Waals surface area contributed by atoms with E-state index >= 15 is 0 Å². The van der Waals surface area contributed by atoms with E-state index < -0.39 is 0 Å². The maximum Gasteiger partial charge on any atom is 0.225 e. The van der Waals surface area contributed by atoms with E-state index in [0.717, 1.165) is 6.42 Å². The molecule has 0 aliphatic rings. The van der Waals surface area contributed by atoms with Gasteiger partial charge in [-0.2, -0.15) is 0 Å². The molecular weight excluding hydrogens is 174 g/mol. The Bertz CT molecular complexity index is 292. The summed E-state index contributed by atoms with van der Waals surface area (Å²) in [5, 5.41) is 0. The maximum atomic E-state index is 11.6. The van der Waals surface area contributed by atoms with E-state index in [9.17, 15) is 4.79 Å². The summed E-state index contributed by atoms with van der Waals surface area (Å²) in [6.07, 6.45) is 0.817. The first-order valence-electron chi connectivity index (χ1n) is 4.86. The highest BCUT2D eigenvalue weighted by atomic mass is 16.2. The molecule has 0 radical (unpaired) electrons. The fourth-order valence-corrected chi connectivity index (χ4v) is 1.50. The summed E-state index contributed by atoms with van der Waals surface area (Å²) in [5.41, 5.74) is 1.22. The molecule has 0 aliphatic heterocycles. The lowest BCUT2D eigenvalue weighted by atomic mass is 10.0. The molecule has 0 unspecified atom stereocenters. The van der Waals surface area contributed by atoms with Gasteiger partial charge in [-0.25, -0.2) is 0 Å². The van der Waals surface area contributed by atoms with Crippen molar-refractivity contribution in [2.75, 3.05) is 14.1 Å². The minimum absolute atomic E-state index is 0.0624. The van der Waals surface area contributed by atoms with E-state index in [4.69, 9.17) is 0 Å². The van der Waals surface area contributed by atoms with Crippen LogP contribution in [-0.2, 0) is 11.2 Å². The number of benzene rings is 1. The van der Waals surface area contributed by atoms with Crippen LogP contribution in [0.1, 0.15) is 12.5 Å². The Hall–Kier alpha value is -1.31. The molecule has 0 saturated carbocycles. The Morgan fingerprint density at radius 2 is 1.86 bits per heavy atom. The molecule has 1 rings (SSSR count). The van der Waals surface area contributed by atoms with Crippen LogP contribution in [0.3, 0.4) is 0 Å². The molecule has 76 valence electrons. The molecule has 1 amide bonds. The topological polar surface area (TPSA) is 20.3 Å². The number of nitrogens with zero attached hydrogens (tertiary/aromatic N) is 1. The van der Waals surface area contributed by atoms with Crippen LogP contribution in [0.2, 0.25) is 0 Å². The highest BCUT2D eigenvalue weighted by Gasteiger charge is 2.14. The third-order valence-corrected chi connectivity index (χ3v) is 2.25. The first-order valence-corrected chi connectivity index (χ1v) is 4.86. The Kier molecular flexibility index (Phi) is 3.69. The second-order valence-corrected chi connectivity index (χ2v) is 3.82. The lowest BCUT2D eigenvalue weighted by Gasteiger charge is -2.16. The third kappa shape index (κ3) is 2.87. The van der Waals surface area contributed by atoms with Crippen molar-refractivity contribution in [1.82, 2.24) is 4.90 Å². The van der Waals surface area contributed by atoms with E-state index in [-0.39, 0.29) is 11.8 Å². The summed E-state index contributed by atoms with van der Waals surface area (Å²) in [4.78, 5) is 13.2. The van der Waals surface area contributed by atoms with E-state index in [2.05, 4.69) is 12.1 Å². The minimum atomic E-state index is 0.0624. The van der Waals surface area contributed by atoms with Gasteiger partial charge < -0.3 is 4.90 Å². The summed E-state index contributed by atoms with van der Waals surface area (Å²) in [6.45, 7) is 1.97. The summed E-state index contributed by atoms with van der Waals surface area (Å²) >= 11 is 0. The lowest BCUT2D eigenvalue weighted by molar-refractivity contribution is -0.132. The summed E-state index contributed by atoms with van der Waals surface area (Å²) in [6, 6.07) is 10.1. The SMILES string of the molecule is C[C@@H](Cc1ccccc1)C(=O)N(C)C. The molecule has 0 fully saturated rings.